The number of halogens is 1. The summed E-state index contributed by atoms with van der Waals surface area (Å²) in [5.41, 5.74) is 1.04. The molecule has 0 saturated carbocycles. The van der Waals surface area contributed by atoms with Gasteiger partial charge in [-0.3, -0.25) is 14.4 Å². The molecule has 162 valence electrons. The maximum atomic E-state index is 11.3. The lowest BCUT2D eigenvalue weighted by atomic mass is 10.2. The molecule has 0 aliphatic heterocycles. The number of carbonyl (C=O) groups is 3. The number of hydrogen-bond donors (Lipinski definition) is 3. The molecule has 2 aromatic carbocycles. The summed E-state index contributed by atoms with van der Waals surface area (Å²) in [4.78, 5) is 33.0. The van der Waals surface area contributed by atoms with Crippen LogP contribution in [0, 0.1) is 0 Å². The van der Waals surface area contributed by atoms with E-state index in [1.54, 1.807) is 23.9 Å². The predicted molar refractivity (Wildman–Crippen MR) is 119 cm³/mol. The van der Waals surface area contributed by atoms with Crippen LogP contribution in [0.1, 0.15) is 38.2 Å². The molecule has 0 aromatic heterocycles. The molecule has 0 heterocycles. The molecular formula is C22H26ClNO5S. The molecule has 2 aromatic rings. The van der Waals surface area contributed by atoms with Crippen LogP contribution in [-0.4, -0.2) is 33.3 Å². The summed E-state index contributed by atoms with van der Waals surface area (Å²) < 4.78 is 0. The van der Waals surface area contributed by atoms with E-state index in [1.807, 2.05) is 49.4 Å². The number of thioether (sulfide) groups is 1. The number of rotatable bonds is 10. The summed E-state index contributed by atoms with van der Waals surface area (Å²) in [6, 6.07) is 17.0. The van der Waals surface area contributed by atoms with E-state index >= 15 is 0 Å². The number of carboxylic acids is 2. The third-order valence-electron chi connectivity index (χ3n) is 3.74. The highest BCUT2D eigenvalue weighted by Crippen LogP contribution is 2.26. The third kappa shape index (κ3) is 12.9. The van der Waals surface area contributed by atoms with Gasteiger partial charge in [0.15, 0.2) is 0 Å². The van der Waals surface area contributed by atoms with Gasteiger partial charge >= 0.3 is 11.9 Å². The van der Waals surface area contributed by atoms with Crippen molar-refractivity contribution in [3.8, 4) is 0 Å². The van der Waals surface area contributed by atoms with Gasteiger partial charge in [0, 0.05) is 34.6 Å². The lowest BCUT2D eigenvalue weighted by Gasteiger charge is -2.07. The molecule has 0 bridgehead atoms. The number of nitrogens with one attached hydrogen (secondary N) is 1. The van der Waals surface area contributed by atoms with Crippen molar-refractivity contribution in [1.82, 2.24) is 5.32 Å². The smallest absolute Gasteiger partial charge is 0.304 e. The second-order valence-electron chi connectivity index (χ2n) is 6.49. The number of carbonyl (C=O) groups excluding carboxylic acids is 1. The van der Waals surface area contributed by atoms with E-state index in [1.165, 1.54) is 0 Å². The molecule has 8 heteroatoms. The van der Waals surface area contributed by atoms with Gasteiger partial charge in [0.1, 0.15) is 0 Å². The predicted octanol–water partition coefficient (Wildman–Crippen LogP) is 4.85. The normalized spacial score (nSPS) is 11.0. The highest BCUT2D eigenvalue weighted by Gasteiger charge is 2.08. The highest BCUT2D eigenvalue weighted by atomic mass is 35.5. The highest BCUT2D eigenvalue weighted by molar-refractivity contribution is 8.00. The largest absolute Gasteiger partial charge is 0.481 e. The first kappa shape index (κ1) is 25.5. The molecule has 0 radical (unpaired) electrons. The topological polar surface area (TPSA) is 104 Å². The molecule has 0 aliphatic rings. The van der Waals surface area contributed by atoms with Gasteiger partial charge in [-0.2, -0.15) is 0 Å². The SMILES string of the molecule is CC(CC(=O)O)Sc1ccc(Cl)cc1.O=C(O)CCCC(=O)NCc1ccccc1. The van der Waals surface area contributed by atoms with E-state index in [-0.39, 0.29) is 30.4 Å². The summed E-state index contributed by atoms with van der Waals surface area (Å²) in [7, 11) is 0. The van der Waals surface area contributed by atoms with E-state index in [4.69, 9.17) is 21.8 Å². The maximum Gasteiger partial charge on any atom is 0.304 e. The zero-order valence-corrected chi connectivity index (χ0v) is 18.3. The van der Waals surface area contributed by atoms with Crippen molar-refractivity contribution in [3.05, 3.63) is 65.2 Å². The average Bonchev–Trinajstić information content (AvgIpc) is 2.68. The van der Waals surface area contributed by atoms with E-state index in [2.05, 4.69) is 5.32 Å². The fraction of sp³-hybridized carbons (Fsp3) is 0.318. The molecule has 0 aliphatic carbocycles. The van der Waals surface area contributed by atoms with Crippen LogP contribution in [0.5, 0.6) is 0 Å². The first-order chi connectivity index (χ1) is 14.3. The van der Waals surface area contributed by atoms with Gasteiger partial charge < -0.3 is 15.5 Å². The van der Waals surface area contributed by atoms with E-state index in [0.717, 1.165) is 10.5 Å². The van der Waals surface area contributed by atoms with Crippen molar-refractivity contribution in [3.63, 3.8) is 0 Å². The second-order valence-corrected chi connectivity index (χ2v) is 8.44. The zero-order valence-electron chi connectivity index (χ0n) is 16.7. The standard InChI is InChI=1S/C12H15NO3.C10H11ClO2S/c14-11(7-4-8-12(15)16)13-9-10-5-2-1-3-6-10;1-7(6-10(12)13)14-9-4-2-8(11)3-5-9/h1-3,5-6H,4,7-9H2,(H,13,14)(H,15,16);2-5,7H,6H2,1H3,(H,12,13). The molecule has 2 rings (SSSR count). The Labute approximate surface area is 185 Å². The molecular weight excluding hydrogens is 426 g/mol. The van der Waals surface area contributed by atoms with Crippen molar-refractivity contribution in [1.29, 1.82) is 0 Å². The van der Waals surface area contributed by atoms with Crippen LogP contribution >= 0.6 is 23.4 Å². The summed E-state index contributed by atoms with van der Waals surface area (Å²) in [6.07, 6.45) is 0.862. The van der Waals surface area contributed by atoms with Gasteiger partial charge in [-0.15, -0.1) is 11.8 Å². The first-order valence-corrected chi connectivity index (χ1v) is 10.7. The third-order valence-corrected chi connectivity index (χ3v) is 5.11. The van der Waals surface area contributed by atoms with Crippen molar-refractivity contribution >= 4 is 41.2 Å². The van der Waals surface area contributed by atoms with E-state index in [9.17, 15) is 14.4 Å². The van der Waals surface area contributed by atoms with Crippen LogP contribution in [0.3, 0.4) is 0 Å². The lowest BCUT2D eigenvalue weighted by Crippen LogP contribution is -2.22. The zero-order chi connectivity index (χ0) is 22.4. The average molecular weight is 452 g/mol. The molecule has 0 saturated heterocycles. The molecule has 0 fully saturated rings. The van der Waals surface area contributed by atoms with E-state index < -0.39 is 11.9 Å². The van der Waals surface area contributed by atoms with Crippen LogP contribution in [-0.2, 0) is 20.9 Å². The van der Waals surface area contributed by atoms with Gasteiger partial charge in [-0.25, -0.2) is 0 Å². The van der Waals surface area contributed by atoms with Crippen molar-refractivity contribution in [2.75, 3.05) is 0 Å². The Morgan fingerprint density at radius 1 is 0.967 bits per heavy atom. The Morgan fingerprint density at radius 3 is 2.17 bits per heavy atom. The van der Waals surface area contributed by atoms with Crippen molar-refractivity contribution in [2.45, 2.75) is 49.3 Å². The molecule has 1 amide bonds. The number of amides is 1. The van der Waals surface area contributed by atoms with Crippen LogP contribution in [0.2, 0.25) is 5.02 Å². The van der Waals surface area contributed by atoms with Gasteiger partial charge in [-0.05, 0) is 36.2 Å². The minimum atomic E-state index is -0.865. The number of carboxylic acid groups (broad SMARTS) is 2. The lowest BCUT2D eigenvalue weighted by molar-refractivity contribution is -0.138. The molecule has 0 spiro atoms. The Morgan fingerprint density at radius 2 is 1.60 bits per heavy atom. The van der Waals surface area contributed by atoms with Crippen molar-refractivity contribution < 1.29 is 24.6 Å². The molecule has 6 nitrogen and oxygen atoms in total. The number of hydrogen-bond acceptors (Lipinski definition) is 4. The molecule has 3 N–H and O–H groups in total. The van der Waals surface area contributed by atoms with Crippen LogP contribution in [0.25, 0.3) is 0 Å². The van der Waals surface area contributed by atoms with Crippen LogP contribution in [0.4, 0.5) is 0 Å². The summed E-state index contributed by atoms with van der Waals surface area (Å²) in [5.74, 6) is -1.74. The Bertz CT molecular complexity index is 799. The van der Waals surface area contributed by atoms with Gasteiger partial charge in [0.05, 0.1) is 6.42 Å². The van der Waals surface area contributed by atoms with Crippen LogP contribution in [0.15, 0.2) is 59.5 Å². The number of aliphatic carboxylic acids is 2. The summed E-state index contributed by atoms with van der Waals surface area (Å²) in [5, 5.41) is 20.5. The second kappa shape index (κ2) is 14.5. The molecule has 1 unspecified atom stereocenters. The Balaban J connectivity index is 0.000000303. The summed E-state index contributed by atoms with van der Waals surface area (Å²) in [6.45, 7) is 2.39. The minimum absolute atomic E-state index is 0.0404. The molecule has 30 heavy (non-hydrogen) atoms. The Hall–Kier alpha value is -2.51. The monoisotopic (exact) mass is 451 g/mol. The van der Waals surface area contributed by atoms with Gasteiger partial charge in [0.2, 0.25) is 5.91 Å². The maximum absolute atomic E-state index is 11.3. The van der Waals surface area contributed by atoms with Crippen molar-refractivity contribution in [2.24, 2.45) is 0 Å². The Kier molecular flexibility index (Phi) is 12.3. The minimum Gasteiger partial charge on any atom is -0.481 e. The quantitative estimate of drug-likeness (QED) is 0.446. The fourth-order valence-corrected chi connectivity index (χ4v) is 3.43. The van der Waals surface area contributed by atoms with Gasteiger partial charge in [0.25, 0.3) is 0 Å². The van der Waals surface area contributed by atoms with E-state index in [0.29, 0.717) is 18.0 Å². The van der Waals surface area contributed by atoms with Crippen LogP contribution < -0.4 is 5.32 Å². The fourth-order valence-electron chi connectivity index (χ4n) is 2.32. The first-order valence-electron chi connectivity index (χ1n) is 9.42. The molecule has 1 atom stereocenters. The van der Waals surface area contributed by atoms with Gasteiger partial charge in [-0.1, -0.05) is 48.9 Å². The summed E-state index contributed by atoms with van der Waals surface area (Å²) >= 11 is 7.27. The number of benzene rings is 2.